The van der Waals surface area contributed by atoms with Gasteiger partial charge in [-0.1, -0.05) is 12.1 Å². The molecule has 0 aliphatic heterocycles. The first-order valence-electron chi connectivity index (χ1n) is 4.89. The smallest absolute Gasteiger partial charge is 0.155 e. The summed E-state index contributed by atoms with van der Waals surface area (Å²) in [5.41, 5.74) is 0.0703. The van der Waals surface area contributed by atoms with Crippen LogP contribution >= 0.6 is 0 Å². The fourth-order valence-corrected chi connectivity index (χ4v) is 1.43. The molecule has 1 rings (SSSR count). The molecule has 0 bridgehead atoms. The standard InChI is InChI=1S/C12H14FNO/c1-3-15-12(2,9-14)8-10-4-6-11(13)7-5-10/h4-7H,3,8H2,1-2H3. The number of rotatable bonds is 4. The Hall–Kier alpha value is -1.40. The number of hydrogen-bond donors (Lipinski definition) is 0. The van der Waals surface area contributed by atoms with Gasteiger partial charge in [0.05, 0.1) is 6.07 Å². The zero-order valence-electron chi connectivity index (χ0n) is 8.96. The van der Waals surface area contributed by atoms with Gasteiger partial charge >= 0.3 is 0 Å². The summed E-state index contributed by atoms with van der Waals surface area (Å²) in [6.45, 7) is 4.07. The molecule has 0 saturated heterocycles. The summed E-state index contributed by atoms with van der Waals surface area (Å²) in [4.78, 5) is 0. The van der Waals surface area contributed by atoms with Crippen LogP contribution in [0.2, 0.25) is 0 Å². The third kappa shape index (κ3) is 3.34. The lowest BCUT2D eigenvalue weighted by molar-refractivity contribution is 0.0202. The lowest BCUT2D eigenvalue weighted by atomic mass is 9.98. The van der Waals surface area contributed by atoms with Crippen LogP contribution in [0.3, 0.4) is 0 Å². The van der Waals surface area contributed by atoms with E-state index in [2.05, 4.69) is 6.07 Å². The van der Waals surface area contributed by atoms with Gasteiger partial charge in [-0.05, 0) is 31.5 Å². The maximum Gasteiger partial charge on any atom is 0.155 e. The summed E-state index contributed by atoms with van der Waals surface area (Å²) < 4.78 is 18.0. The Morgan fingerprint density at radius 1 is 1.40 bits per heavy atom. The molecule has 1 aromatic carbocycles. The Balaban J connectivity index is 2.76. The van der Waals surface area contributed by atoms with E-state index in [1.54, 1.807) is 19.1 Å². The monoisotopic (exact) mass is 207 g/mol. The van der Waals surface area contributed by atoms with Crippen molar-refractivity contribution in [2.24, 2.45) is 0 Å². The number of nitriles is 1. The molecule has 0 radical (unpaired) electrons. The number of hydrogen-bond acceptors (Lipinski definition) is 2. The van der Waals surface area contributed by atoms with E-state index >= 15 is 0 Å². The SMILES string of the molecule is CCOC(C)(C#N)Cc1ccc(F)cc1. The van der Waals surface area contributed by atoms with E-state index in [1.165, 1.54) is 12.1 Å². The van der Waals surface area contributed by atoms with Crippen LogP contribution < -0.4 is 0 Å². The van der Waals surface area contributed by atoms with Gasteiger partial charge < -0.3 is 4.74 Å². The van der Waals surface area contributed by atoms with Gasteiger partial charge in [-0.15, -0.1) is 0 Å². The first-order chi connectivity index (χ1) is 7.09. The Bertz CT molecular complexity index is 355. The maximum absolute atomic E-state index is 12.7. The molecule has 0 saturated carbocycles. The van der Waals surface area contributed by atoms with Crippen LogP contribution in [0.15, 0.2) is 24.3 Å². The van der Waals surface area contributed by atoms with Gasteiger partial charge in [0.2, 0.25) is 0 Å². The lowest BCUT2D eigenvalue weighted by Gasteiger charge is -2.21. The van der Waals surface area contributed by atoms with Crippen LogP contribution in [0.4, 0.5) is 4.39 Å². The molecule has 80 valence electrons. The third-order valence-electron chi connectivity index (χ3n) is 2.15. The van der Waals surface area contributed by atoms with Crippen LogP contribution in [0, 0.1) is 17.1 Å². The highest BCUT2D eigenvalue weighted by molar-refractivity contribution is 5.20. The molecule has 1 aromatic rings. The quantitative estimate of drug-likeness (QED) is 0.760. The molecule has 3 heteroatoms. The minimum absolute atomic E-state index is 0.270. The summed E-state index contributed by atoms with van der Waals surface area (Å²) >= 11 is 0. The van der Waals surface area contributed by atoms with E-state index in [0.717, 1.165) is 5.56 Å². The average Bonchev–Trinajstić information content (AvgIpc) is 2.22. The van der Waals surface area contributed by atoms with Gasteiger partial charge in [-0.25, -0.2) is 4.39 Å². The molecule has 0 aliphatic carbocycles. The molecule has 0 aliphatic rings. The highest BCUT2D eigenvalue weighted by Gasteiger charge is 2.24. The summed E-state index contributed by atoms with van der Waals surface area (Å²) in [6, 6.07) is 8.24. The molecule has 0 spiro atoms. The largest absolute Gasteiger partial charge is 0.360 e. The van der Waals surface area contributed by atoms with Crippen molar-refractivity contribution in [2.45, 2.75) is 25.9 Å². The van der Waals surface area contributed by atoms with Gasteiger partial charge in [0.1, 0.15) is 5.82 Å². The summed E-state index contributed by atoms with van der Waals surface area (Å²) in [5.74, 6) is -0.270. The summed E-state index contributed by atoms with van der Waals surface area (Å²) in [6.07, 6.45) is 0.470. The number of ether oxygens (including phenoxy) is 1. The van der Waals surface area contributed by atoms with Crippen LogP contribution in [-0.2, 0) is 11.2 Å². The van der Waals surface area contributed by atoms with E-state index in [1.807, 2.05) is 6.92 Å². The van der Waals surface area contributed by atoms with Crippen LogP contribution in [0.25, 0.3) is 0 Å². The highest BCUT2D eigenvalue weighted by Crippen LogP contribution is 2.17. The van der Waals surface area contributed by atoms with Crippen molar-refractivity contribution in [2.75, 3.05) is 6.61 Å². The highest BCUT2D eigenvalue weighted by atomic mass is 19.1. The van der Waals surface area contributed by atoms with Crippen molar-refractivity contribution in [1.29, 1.82) is 5.26 Å². The molecular formula is C12H14FNO. The average molecular weight is 207 g/mol. The first-order valence-corrected chi connectivity index (χ1v) is 4.89. The van der Waals surface area contributed by atoms with E-state index in [-0.39, 0.29) is 5.82 Å². The van der Waals surface area contributed by atoms with Crippen LogP contribution in [0.5, 0.6) is 0 Å². The van der Waals surface area contributed by atoms with Crippen molar-refractivity contribution < 1.29 is 9.13 Å². The molecule has 0 aromatic heterocycles. The second kappa shape index (κ2) is 4.90. The fourth-order valence-electron chi connectivity index (χ4n) is 1.43. The number of benzene rings is 1. The first kappa shape index (κ1) is 11.7. The third-order valence-corrected chi connectivity index (χ3v) is 2.15. The van der Waals surface area contributed by atoms with Crippen LogP contribution in [-0.4, -0.2) is 12.2 Å². The van der Waals surface area contributed by atoms with Gasteiger partial charge in [0.15, 0.2) is 5.60 Å². The topological polar surface area (TPSA) is 33.0 Å². The Morgan fingerprint density at radius 3 is 2.47 bits per heavy atom. The van der Waals surface area contributed by atoms with E-state index in [4.69, 9.17) is 10.00 Å². The maximum atomic E-state index is 12.7. The van der Waals surface area contributed by atoms with E-state index < -0.39 is 5.60 Å². The number of halogens is 1. The predicted octanol–water partition coefficient (Wildman–Crippen LogP) is 2.69. The zero-order chi connectivity index (χ0) is 11.3. The summed E-state index contributed by atoms with van der Waals surface area (Å²) in [5, 5.41) is 8.98. The lowest BCUT2D eigenvalue weighted by Crippen LogP contribution is -2.29. The van der Waals surface area contributed by atoms with Crippen molar-refractivity contribution in [3.8, 4) is 6.07 Å². The summed E-state index contributed by atoms with van der Waals surface area (Å²) in [7, 11) is 0. The van der Waals surface area contributed by atoms with Gasteiger partial charge in [0.25, 0.3) is 0 Å². The zero-order valence-corrected chi connectivity index (χ0v) is 8.96. The molecule has 15 heavy (non-hydrogen) atoms. The minimum atomic E-state index is -0.827. The van der Waals surface area contributed by atoms with E-state index in [0.29, 0.717) is 13.0 Å². The number of nitrogens with zero attached hydrogens (tertiary/aromatic N) is 1. The molecule has 1 atom stereocenters. The van der Waals surface area contributed by atoms with Gasteiger partial charge in [-0.3, -0.25) is 0 Å². The molecule has 0 amide bonds. The van der Waals surface area contributed by atoms with Crippen molar-refractivity contribution in [1.82, 2.24) is 0 Å². The molecule has 1 unspecified atom stereocenters. The normalized spacial score (nSPS) is 14.3. The molecule has 0 N–H and O–H groups in total. The molecule has 0 fully saturated rings. The molecular weight excluding hydrogens is 193 g/mol. The Morgan fingerprint density at radius 2 is 2.00 bits per heavy atom. The van der Waals surface area contributed by atoms with Gasteiger partial charge in [-0.2, -0.15) is 5.26 Å². The van der Waals surface area contributed by atoms with Crippen LogP contribution in [0.1, 0.15) is 19.4 Å². The second-order valence-electron chi connectivity index (χ2n) is 3.58. The van der Waals surface area contributed by atoms with Gasteiger partial charge in [0, 0.05) is 13.0 Å². The molecule has 0 heterocycles. The van der Waals surface area contributed by atoms with E-state index in [9.17, 15) is 4.39 Å². The van der Waals surface area contributed by atoms with Crippen molar-refractivity contribution in [3.05, 3.63) is 35.6 Å². The fraction of sp³-hybridized carbons (Fsp3) is 0.417. The Labute approximate surface area is 89.3 Å². The second-order valence-corrected chi connectivity index (χ2v) is 3.58. The minimum Gasteiger partial charge on any atom is -0.360 e. The molecule has 2 nitrogen and oxygen atoms in total. The van der Waals surface area contributed by atoms with Crippen molar-refractivity contribution in [3.63, 3.8) is 0 Å². The predicted molar refractivity (Wildman–Crippen MR) is 55.7 cm³/mol. The Kier molecular flexibility index (Phi) is 3.81. The van der Waals surface area contributed by atoms with Crippen molar-refractivity contribution >= 4 is 0 Å².